The normalized spacial score (nSPS) is 19.3. The van der Waals surface area contributed by atoms with E-state index in [4.69, 9.17) is 4.74 Å². The Hall–Kier alpha value is -1.22. The van der Waals surface area contributed by atoms with Crippen molar-refractivity contribution in [2.45, 2.75) is 46.1 Å². The molecule has 2 rings (SSSR count). The number of rotatable bonds is 4. The summed E-state index contributed by atoms with van der Waals surface area (Å²) in [5.41, 5.74) is 4.97. The molecule has 1 aliphatic rings. The van der Waals surface area contributed by atoms with Crippen LogP contribution in [0.1, 0.15) is 36.0 Å². The second kappa shape index (κ2) is 6.29. The number of nitrogens with one attached hydrogen (secondary N) is 2. The molecule has 1 aromatic carbocycles. The van der Waals surface area contributed by atoms with Gasteiger partial charge in [-0.25, -0.2) is 0 Å². The van der Waals surface area contributed by atoms with Gasteiger partial charge >= 0.3 is 0 Å². The van der Waals surface area contributed by atoms with Crippen molar-refractivity contribution in [1.82, 2.24) is 5.32 Å². The number of piperidine rings is 1. The minimum atomic E-state index is 0.607. The van der Waals surface area contributed by atoms with Crippen molar-refractivity contribution < 1.29 is 4.74 Å². The third kappa shape index (κ3) is 3.21. The molecule has 1 aromatic rings. The van der Waals surface area contributed by atoms with Crippen LogP contribution in [-0.4, -0.2) is 26.2 Å². The van der Waals surface area contributed by atoms with Gasteiger partial charge in [-0.05, 0) is 62.9 Å². The second-order valence-electron chi connectivity index (χ2n) is 5.55. The molecular formula is C16H26N2O. The predicted molar refractivity (Wildman–Crippen MR) is 81.3 cm³/mol. The van der Waals surface area contributed by atoms with Crippen LogP contribution in [0.3, 0.4) is 0 Å². The summed E-state index contributed by atoms with van der Waals surface area (Å²) in [4.78, 5) is 0. The summed E-state index contributed by atoms with van der Waals surface area (Å²) in [5, 5.41) is 7.17. The molecule has 0 bridgehead atoms. The van der Waals surface area contributed by atoms with E-state index < -0.39 is 0 Å². The van der Waals surface area contributed by atoms with E-state index in [9.17, 15) is 0 Å². The first-order valence-corrected chi connectivity index (χ1v) is 7.25. The maximum absolute atomic E-state index is 5.47. The van der Waals surface area contributed by atoms with Crippen LogP contribution in [0.5, 0.6) is 5.75 Å². The van der Waals surface area contributed by atoms with Crippen LogP contribution in [-0.2, 0) is 0 Å². The van der Waals surface area contributed by atoms with Gasteiger partial charge in [0.1, 0.15) is 5.75 Å². The Morgan fingerprint density at radius 1 is 1.26 bits per heavy atom. The molecular weight excluding hydrogens is 236 g/mol. The van der Waals surface area contributed by atoms with Gasteiger partial charge in [-0.1, -0.05) is 6.42 Å². The van der Waals surface area contributed by atoms with Crippen molar-refractivity contribution in [2.75, 3.05) is 25.5 Å². The molecule has 3 nitrogen and oxygen atoms in total. The molecule has 1 unspecified atom stereocenters. The van der Waals surface area contributed by atoms with Crippen molar-refractivity contribution in [3.63, 3.8) is 0 Å². The molecule has 0 aliphatic carbocycles. The van der Waals surface area contributed by atoms with Gasteiger partial charge in [0.05, 0.1) is 7.11 Å². The van der Waals surface area contributed by atoms with E-state index in [1.54, 1.807) is 7.11 Å². The van der Waals surface area contributed by atoms with Crippen LogP contribution < -0.4 is 15.4 Å². The summed E-state index contributed by atoms with van der Waals surface area (Å²) in [6.07, 6.45) is 3.94. The van der Waals surface area contributed by atoms with Gasteiger partial charge in [0.2, 0.25) is 0 Å². The fourth-order valence-corrected chi connectivity index (χ4v) is 2.89. The highest BCUT2D eigenvalue weighted by Crippen LogP contribution is 2.31. The van der Waals surface area contributed by atoms with Gasteiger partial charge in [-0.3, -0.25) is 0 Å². The lowest BCUT2D eigenvalue weighted by atomic mass is 10.0. The molecule has 2 N–H and O–H groups in total. The van der Waals surface area contributed by atoms with Crippen LogP contribution in [0.4, 0.5) is 5.69 Å². The minimum Gasteiger partial charge on any atom is -0.496 e. The van der Waals surface area contributed by atoms with Gasteiger partial charge in [0, 0.05) is 18.3 Å². The second-order valence-corrected chi connectivity index (χ2v) is 5.55. The van der Waals surface area contributed by atoms with Gasteiger partial charge in [-0.15, -0.1) is 0 Å². The maximum atomic E-state index is 5.47. The van der Waals surface area contributed by atoms with E-state index in [1.807, 2.05) is 0 Å². The average molecular weight is 262 g/mol. The number of hydrogen-bond donors (Lipinski definition) is 2. The molecule has 3 heteroatoms. The molecule has 1 saturated heterocycles. The Balaban J connectivity index is 2.07. The summed E-state index contributed by atoms with van der Waals surface area (Å²) < 4.78 is 5.47. The first-order chi connectivity index (χ1) is 9.13. The fraction of sp³-hybridized carbons (Fsp3) is 0.625. The van der Waals surface area contributed by atoms with Gasteiger partial charge in [-0.2, -0.15) is 0 Å². The molecule has 1 heterocycles. The Kier molecular flexibility index (Phi) is 4.70. The monoisotopic (exact) mass is 262 g/mol. The fourth-order valence-electron chi connectivity index (χ4n) is 2.89. The number of aryl methyl sites for hydroxylation is 1. The molecule has 0 amide bonds. The number of hydrogen-bond acceptors (Lipinski definition) is 3. The SMILES string of the molecule is COc1c(C)cc(NCC2CCCCN2)c(C)c1C. The molecule has 0 radical (unpaired) electrons. The zero-order chi connectivity index (χ0) is 13.8. The third-order valence-corrected chi connectivity index (χ3v) is 4.18. The summed E-state index contributed by atoms with van der Waals surface area (Å²) in [7, 11) is 1.74. The Labute approximate surface area is 116 Å². The van der Waals surface area contributed by atoms with Crippen LogP contribution >= 0.6 is 0 Å². The first-order valence-electron chi connectivity index (χ1n) is 7.25. The van der Waals surface area contributed by atoms with Crippen LogP contribution in [0.15, 0.2) is 6.07 Å². The quantitative estimate of drug-likeness (QED) is 0.874. The summed E-state index contributed by atoms with van der Waals surface area (Å²) in [5.74, 6) is 1.01. The maximum Gasteiger partial charge on any atom is 0.125 e. The van der Waals surface area contributed by atoms with Crippen molar-refractivity contribution in [2.24, 2.45) is 0 Å². The Morgan fingerprint density at radius 3 is 2.68 bits per heavy atom. The molecule has 0 spiro atoms. The highest BCUT2D eigenvalue weighted by molar-refractivity contribution is 5.61. The lowest BCUT2D eigenvalue weighted by molar-refractivity contribution is 0.408. The van der Waals surface area contributed by atoms with Gasteiger partial charge < -0.3 is 15.4 Å². The predicted octanol–water partition coefficient (Wildman–Crippen LogP) is 3.17. The molecule has 0 saturated carbocycles. The Morgan fingerprint density at radius 2 is 2.05 bits per heavy atom. The van der Waals surface area contributed by atoms with Crippen LogP contribution in [0, 0.1) is 20.8 Å². The number of anilines is 1. The average Bonchev–Trinajstić information content (AvgIpc) is 2.43. The third-order valence-electron chi connectivity index (χ3n) is 4.18. The molecule has 19 heavy (non-hydrogen) atoms. The van der Waals surface area contributed by atoms with E-state index in [0.29, 0.717) is 6.04 Å². The van der Waals surface area contributed by atoms with E-state index in [0.717, 1.165) is 18.8 Å². The van der Waals surface area contributed by atoms with Gasteiger partial charge in [0.15, 0.2) is 0 Å². The molecule has 106 valence electrons. The first kappa shape index (κ1) is 14.2. The summed E-state index contributed by atoms with van der Waals surface area (Å²) in [6, 6.07) is 2.81. The minimum absolute atomic E-state index is 0.607. The molecule has 1 aliphatic heterocycles. The largest absolute Gasteiger partial charge is 0.496 e. The highest BCUT2D eigenvalue weighted by Gasteiger charge is 2.14. The molecule has 0 aromatic heterocycles. The van der Waals surface area contributed by atoms with Crippen LogP contribution in [0.25, 0.3) is 0 Å². The van der Waals surface area contributed by atoms with E-state index in [2.05, 4.69) is 37.5 Å². The zero-order valence-corrected chi connectivity index (χ0v) is 12.6. The summed E-state index contributed by atoms with van der Waals surface area (Å²) >= 11 is 0. The van der Waals surface area contributed by atoms with Crippen molar-refractivity contribution >= 4 is 5.69 Å². The smallest absolute Gasteiger partial charge is 0.125 e. The number of benzene rings is 1. The lowest BCUT2D eigenvalue weighted by Gasteiger charge is -2.25. The van der Waals surface area contributed by atoms with Crippen molar-refractivity contribution in [3.8, 4) is 5.75 Å². The molecule has 1 atom stereocenters. The number of methoxy groups -OCH3 is 1. The van der Waals surface area contributed by atoms with E-state index >= 15 is 0 Å². The Bertz CT molecular complexity index is 437. The van der Waals surface area contributed by atoms with Crippen LogP contribution in [0.2, 0.25) is 0 Å². The lowest BCUT2D eigenvalue weighted by Crippen LogP contribution is -2.39. The highest BCUT2D eigenvalue weighted by atomic mass is 16.5. The molecule has 1 fully saturated rings. The number of ether oxygens (including phenoxy) is 1. The van der Waals surface area contributed by atoms with Crippen molar-refractivity contribution in [3.05, 3.63) is 22.8 Å². The van der Waals surface area contributed by atoms with E-state index in [-0.39, 0.29) is 0 Å². The van der Waals surface area contributed by atoms with Gasteiger partial charge in [0.25, 0.3) is 0 Å². The topological polar surface area (TPSA) is 33.3 Å². The standard InChI is InChI=1S/C16H26N2O/c1-11-9-15(12(2)13(3)16(11)19-4)18-10-14-7-5-6-8-17-14/h9,14,17-18H,5-8,10H2,1-4H3. The zero-order valence-electron chi connectivity index (χ0n) is 12.6. The van der Waals surface area contributed by atoms with E-state index in [1.165, 1.54) is 41.6 Å². The summed E-state index contributed by atoms with van der Waals surface area (Å²) in [6.45, 7) is 8.56. The van der Waals surface area contributed by atoms with Crippen molar-refractivity contribution in [1.29, 1.82) is 0 Å².